The Hall–Kier alpha value is -2.54. The maximum atomic E-state index is 10.5. The van der Waals surface area contributed by atoms with Crippen LogP contribution in [-0.4, -0.2) is 36.3 Å². The Balaban J connectivity index is 1.46. The fourth-order valence-electron chi connectivity index (χ4n) is 3.59. The summed E-state index contributed by atoms with van der Waals surface area (Å²) in [5.74, 6) is 0. The second-order valence-electron chi connectivity index (χ2n) is 7.58. The Morgan fingerprint density at radius 1 is 0.613 bits per heavy atom. The van der Waals surface area contributed by atoms with Crippen LogP contribution >= 0.6 is 0 Å². The lowest BCUT2D eigenvalue weighted by Crippen LogP contribution is -2.56. The molecular weight excluding hydrogens is 392 g/mol. The average molecular weight is 421 g/mol. The predicted molar refractivity (Wildman–Crippen MR) is 117 cm³/mol. The molecule has 1 heterocycles. The van der Waals surface area contributed by atoms with Crippen LogP contribution in [0.3, 0.4) is 0 Å². The van der Waals surface area contributed by atoms with Gasteiger partial charge in [0.2, 0.25) is 0 Å². The molecule has 1 N–H and O–H groups in total. The Morgan fingerprint density at radius 3 is 1.52 bits per heavy atom. The van der Waals surface area contributed by atoms with Gasteiger partial charge in [-0.05, 0) is 16.7 Å². The van der Waals surface area contributed by atoms with Crippen LogP contribution in [0.1, 0.15) is 16.7 Å². The van der Waals surface area contributed by atoms with Gasteiger partial charge in [-0.1, -0.05) is 91.0 Å². The number of benzene rings is 3. The molecule has 4 atom stereocenters. The third-order valence-electron chi connectivity index (χ3n) is 5.28. The highest BCUT2D eigenvalue weighted by Crippen LogP contribution is 2.25. The number of aliphatic hydroxyl groups excluding tert-OH is 1. The lowest BCUT2D eigenvalue weighted by molar-refractivity contribution is -0.286. The molecule has 0 spiro atoms. The topological polar surface area (TPSA) is 57.2 Å². The van der Waals surface area contributed by atoms with E-state index >= 15 is 0 Å². The molecular formula is C26H28O5. The van der Waals surface area contributed by atoms with Crippen LogP contribution in [0.2, 0.25) is 0 Å². The first kappa shape index (κ1) is 21.7. The Labute approximate surface area is 183 Å². The van der Waals surface area contributed by atoms with E-state index < -0.39 is 18.5 Å². The molecule has 5 heteroatoms. The summed E-state index contributed by atoms with van der Waals surface area (Å²) in [6.45, 7) is 1.41. The third-order valence-corrected chi connectivity index (χ3v) is 5.28. The zero-order valence-electron chi connectivity index (χ0n) is 17.4. The molecule has 1 aliphatic rings. The monoisotopic (exact) mass is 420 g/mol. The van der Waals surface area contributed by atoms with E-state index in [1.807, 2.05) is 91.0 Å². The molecule has 0 saturated carbocycles. The van der Waals surface area contributed by atoms with E-state index in [0.29, 0.717) is 19.8 Å². The zero-order chi connectivity index (χ0) is 21.3. The van der Waals surface area contributed by atoms with E-state index in [0.717, 1.165) is 16.7 Å². The van der Waals surface area contributed by atoms with Crippen molar-refractivity contribution < 1.29 is 24.1 Å². The van der Waals surface area contributed by atoms with Crippen LogP contribution in [0.15, 0.2) is 91.0 Å². The number of hydrogen-bond donors (Lipinski definition) is 1. The van der Waals surface area contributed by atoms with Gasteiger partial charge in [0.15, 0.2) is 6.29 Å². The maximum absolute atomic E-state index is 10.5. The minimum Gasteiger partial charge on any atom is -0.368 e. The van der Waals surface area contributed by atoms with Crippen molar-refractivity contribution in [3.63, 3.8) is 0 Å². The van der Waals surface area contributed by atoms with E-state index in [4.69, 9.17) is 18.9 Å². The molecule has 4 rings (SSSR count). The Bertz CT molecular complexity index is 887. The fraction of sp³-hybridized carbons (Fsp3) is 0.308. The second-order valence-corrected chi connectivity index (χ2v) is 7.58. The molecule has 0 radical (unpaired) electrons. The summed E-state index contributed by atoms with van der Waals surface area (Å²) < 4.78 is 24.1. The van der Waals surface area contributed by atoms with Crippen molar-refractivity contribution in [2.75, 3.05) is 6.61 Å². The third kappa shape index (κ3) is 6.23. The standard InChI is InChI=1S/C26H28O5/c27-26-25(30-18-22-14-8-3-9-15-22)24(29-17-21-12-6-2-7-13-21)23(19-31-26)28-16-20-10-4-1-5-11-20/h1-15,23-27H,16-19H2/t23-,24-,25+,26+/m1/s1. The maximum Gasteiger partial charge on any atom is 0.183 e. The van der Waals surface area contributed by atoms with E-state index in [9.17, 15) is 5.11 Å². The number of ether oxygens (including phenoxy) is 4. The second kappa shape index (κ2) is 11.2. The van der Waals surface area contributed by atoms with E-state index in [1.165, 1.54) is 0 Å². The quantitative estimate of drug-likeness (QED) is 0.565. The van der Waals surface area contributed by atoms with Crippen LogP contribution in [0.25, 0.3) is 0 Å². The predicted octanol–water partition coefficient (Wildman–Crippen LogP) is 4.09. The molecule has 0 amide bonds. The number of rotatable bonds is 9. The van der Waals surface area contributed by atoms with Gasteiger partial charge in [-0.2, -0.15) is 0 Å². The molecule has 0 bridgehead atoms. The van der Waals surface area contributed by atoms with Crippen LogP contribution in [0.4, 0.5) is 0 Å². The fourth-order valence-corrected chi connectivity index (χ4v) is 3.59. The number of aliphatic hydroxyl groups is 1. The highest BCUT2D eigenvalue weighted by molar-refractivity contribution is 5.15. The molecule has 3 aromatic rings. The first-order chi connectivity index (χ1) is 15.3. The van der Waals surface area contributed by atoms with Crippen molar-refractivity contribution in [2.24, 2.45) is 0 Å². The van der Waals surface area contributed by atoms with Crippen LogP contribution in [0, 0.1) is 0 Å². The van der Waals surface area contributed by atoms with Crippen LogP contribution in [-0.2, 0) is 38.8 Å². The van der Waals surface area contributed by atoms with Gasteiger partial charge in [0.25, 0.3) is 0 Å². The first-order valence-electron chi connectivity index (χ1n) is 10.6. The summed E-state index contributed by atoms with van der Waals surface area (Å²) in [5.41, 5.74) is 3.13. The summed E-state index contributed by atoms with van der Waals surface area (Å²) in [7, 11) is 0. The van der Waals surface area contributed by atoms with Crippen molar-refractivity contribution in [2.45, 2.75) is 44.4 Å². The Morgan fingerprint density at radius 2 is 1.03 bits per heavy atom. The van der Waals surface area contributed by atoms with Crippen LogP contribution in [0.5, 0.6) is 0 Å². The summed E-state index contributed by atoms with van der Waals surface area (Å²) in [6, 6.07) is 29.8. The minimum absolute atomic E-state index is 0.235. The molecule has 0 aliphatic carbocycles. The summed E-state index contributed by atoms with van der Waals surface area (Å²) in [6.07, 6.45) is -2.59. The summed E-state index contributed by atoms with van der Waals surface area (Å²) >= 11 is 0. The zero-order valence-corrected chi connectivity index (χ0v) is 17.4. The molecule has 1 aliphatic heterocycles. The molecule has 1 fully saturated rings. The Kier molecular flexibility index (Phi) is 7.82. The van der Waals surface area contributed by atoms with Gasteiger partial charge in [-0.15, -0.1) is 0 Å². The van der Waals surface area contributed by atoms with Gasteiger partial charge in [-0.25, -0.2) is 0 Å². The van der Waals surface area contributed by atoms with Crippen molar-refractivity contribution >= 4 is 0 Å². The molecule has 5 nitrogen and oxygen atoms in total. The van der Waals surface area contributed by atoms with Gasteiger partial charge in [0, 0.05) is 0 Å². The smallest absolute Gasteiger partial charge is 0.183 e. The van der Waals surface area contributed by atoms with E-state index in [2.05, 4.69) is 0 Å². The average Bonchev–Trinajstić information content (AvgIpc) is 2.83. The van der Waals surface area contributed by atoms with Crippen molar-refractivity contribution in [3.05, 3.63) is 108 Å². The van der Waals surface area contributed by atoms with Crippen molar-refractivity contribution in [3.8, 4) is 0 Å². The molecule has 162 valence electrons. The number of hydrogen-bond acceptors (Lipinski definition) is 5. The molecule has 31 heavy (non-hydrogen) atoms. The summed E-state index contributed by atoms with van der Waals surface area (Å²) in [5, 5.41) is 10.5. The van der Waals surface area contributed by atoms with E-state index in [-0.39, 0.29) is 12.7 Å². The minimum atomic E-state index is -1.08. The largest absolute Gasteiger partial charge is 0.368 e. The lowest BCUT2D eigenvalue weighted by atomic mass is 10.0. The van der Waals surface area contributed by atoms with Gasteiger partial charge >= 0.3 is 0 Å². The van der Waals surface area contributed by atoms with Crippen molar-refractivity contribution in [1.82, 2.24) is 0 Å². The highest BCUT2D eigenvalue weighted by atomic mass is 16.7. The van der Waals surface area contributed by atoms with Gasteiger partial charge in [0.05, 0.1) is 26.4 Å². The SMILES string of the molecule is O[C@H]1OC[C@@H](OCc2ccccc2)[C@@H](OCc2ccccc2)[C@@H]1OCc1ccccc1. The lowest BCUT2D eigenvalue weighted by Gasteiger charge is -2.40. The molecule has 0 aromatic heterocycles. The van der Waals surface area contributed by atoms with Gasteiger partial charge < -0.3 is 24.1 Å². The van der Waals surface area contributed by atoms with E-state index in [1.54, 1.807) is 0 Å². The van der Waals surface area contributed by atoms with Crippen molar-refractivity contribution in [1.29, 1.82) is 0 Å². The molecule has 0 unspecified atom stereocenters. The highest BCUT2D eigenvalue weighted by Gasteiger charge is 2.42. The molecule has 3 aromatic carbocycles. The first-order valence-corrected chi connectivity index (χ1v) is 10.6. The molecule has 1 saturated heterocycles. The van der Waals surface area contributed by atoms with Crippen LogP contribution < -0.4 is 0 Å². The summed E-state index contributed by atoms with van der Waals surface area (Å²) in [4.78, 5) is 0. The van der Waals surface area contributed by atoms with Gasteiger partial charge in [-0.3, -0.25) is 0 Å². The normalized spacial score (nSPS) is 23.5. The van der Waals surface area contributed by atoms with Gasteiger partial charge in [0.1, 0.15) is 18.3 Å².